The Balaban J connectivity index is 1.98. The molecule has 1 aliphatic carbocycles. The Morgan fingerprint density at radius 1 is 1.28 bits per heavy atom. The summed E-state index contributed by atoms with van der Waals surface area (Å²) in [6.45, 7) is 6.32. The van der Waals surface area contributed by atoms with Gasteiger partial charge in [-0.05, 0) is 19.3 Å². The van der Waals surface area contributed by atoms with Crippen LogP contribution < -0.4 is 0 Å². The molecule has 0 radical (unpaired) electrons. The van der Waals surface area contributed by atoms with Gasteiger partial charge in [-0.1, -0.05) is 19.8 Å². The van der Waals surface area contributed by atoms with Gasteiger partial charge in [0.1, 0.15) is 6.61 Å². The molecule has 1 saturated heterocycles. The smallest absolute Gasteiger partial charge is 0.178 e. The molecule has 104 valence electrons. The first-order valence-corrected chi connectivity index (χ1v) is 7.23. The summed E-state index contributed by atoms with van der Waals surface area (Å²) in [5.74, 6) is 0.287. The van der Waals surface area contributed by atoms with Gasteiger partial charge in [0.15, 0.2) is 5.78 Å². The van der Waals surface area contributed by atoms with Gasteiger partial charge in [0.25, 0.3) is 0 Å². The molecule has 2 fully saturated rings. The van der Waals surface area contributed by atoms with E-state index < -0.39 is 0 Å². The van der Waals surface area contributed by atoms with Gasteiger partial charge in [-0.3, -0.25) is 9.69 Å². The van der Waals surface area contributed by atoms with Crippen LogP contribution in [0.2, 0.25) is 0 Å². The quantitative estimate of drug-likeness (QED) is 0.676. The summed E-state index contributed by atoms with van der Waals surface area (Å²) in [4.78, 5) is 14.9. The molecule has 1 aliphatic heterocycles. The van der Waals surface area contributed by atoms with E-state index in [1.165, 1.54) is 0 Å². The highest BCUT2D eigenvalue weighted by molar-refractivity contribution is 5.89. The lowest BCUT2D eigenvalue weighted by Crippen LogP contribution is -2.57. The lowest BCUT2D eigenvalue weighted by Gasteiger charge is -2.42. The third-order valence-corrected chi connectivity index (χ3v) is 4.15. The zero-order chi connectivity index (χ0) is 12.8. The predicted octanol–water partition coefficient (Wildman–Crippen LogP) is 1.63. The van der Waals surface area contributed by atoms with Gasteiger partial charge in [-0.2, -0.15) is 0 Å². The van der Waals surface area contributed by atoms with E-state index in [0.29, 0.717) is 6.61 Å². The Labute approximate surface area is 110 Å². The molecule has 0 aromatic carbocycles. The van der Waals surface area contributed by atoms with Crippen LogP contribution in [-0.2, 0) is 14.3 Å². The molecule has 4 heteroatoms. The summed E-state index contributed by atoms with van der Waals surface area (Å²) in [7, 11) is 0. The van der Waals surface area contributed by atoms with Gasteiger partial charge < -0.3 is 9.47 Å². The Bertz CT molecular complexity index is 268. The minimum atomic E-state index is -0.239. The molecule has 0 unspecified atom stereocenters. The number of carbonyl (C=O) groups excluding carboxylic acids is 1. The van der Waals surface area contributed by atoms with Gasteiger partial charge in [0.05, 0.1) is 18.8 Å². The molecule has 1 heterocycles. The van der Waals surface area contributed by atoms with Crippen molar-refractivity contribution < 1.29 is 14.3 Å². The highest BCUT2D eigenvalue weighted by Crippen LogP contribution is 2.36. The summed E-state index contributed by atoms with van der Waals surface area (Å²) < 4.78 is 10.9. The molecule has 0 N–H and O–H groups in total. The van der Waals surface area contributed by atoms with E-state index in [0.717, 1.165) is 58.4 Å². The van der Waals surface area contributed by atoms with Gasteiger partial charge >= 0.3 is 0 Å². The van der Waals surface area contributed by atoms with E-state index in [9.17, 15) is 4.79 Å². The number of rotatable bonds is 6. The standard InChI is InChI=1S/C14H25NO3/c1-2-9-18-12-13(16)14(5-3-4-6-14)15-7-10-17-11-8-15/h2-12H2,1H3. The fourth-order valence-corrected chi connectivity index (χ4v) is 3.17. The third-order valence-electron chi connectivity index (χ3n) is 4.15. The average Bonchev–Trinajstić information content (AvgIpc) is 2.90. The van der Waals surface area contributed by atoms with Crippen molar-refractivity contribution in [3.63, 3.8) is 0 Å². The molecule has 0 atom stereocenters. The van der Waals surface area contributed by atoms with Gasteiger partial charge in [-0.15, -0.1) is 0 Å². The van der Waals surface area contributed by atoms with Crippen molar-refractivity contribution in [3.8, 4) is 0 Å². The Kier molecular flexibility index (Phi) is 5.15. The lowest BCUT2D eigenvalue weighted by atomic mass is 9.89. The summed E-state index contributed by atoms with van der Waals surface area (Å²) >= 11 is 0. The normalized spacial score (nSPS) is 24.3. The topological polar surface area (TPSA) is 38.8 Å². The van der Waals surface area contributed by atoms with Crippen molar-refractivity contribution in [2.24, 2.45) is 0 Å². The van der Waals surface area contributed by atoms with Gasteiger partial charge in [0.2, 0.25) is 0 Å². The fraction of sp³-hybridized carbons (Fsp3) is 0.929. The highest BCUT2D eigenvalue weighted by atomic mass is 16.5. The molecule has 4 nitrogen and oxygen atoms in total. The zero-order valence-electron chi connectivity index (χ0n) is 11.5. The highest BCUT2D eigenvalue weighted by Gasteiger charge is 2.45. The van der Waals surface area contributed by atoms with Crippen LogP contribution in [0.3, 0.4) is 0 Å². The van der Waals surface area contributed by atoms with Crippen molar-refractivity contribution in [1.82, 2.24) is 4.90 Å². The van der Waals surface area contributed by atoms with Crippen LogP contribution in [0.1, 0.15) is 39.0 Å². The van der Waals surface area contributed by atoms with Gasteiger partial charge in [0, 0.05) is 19.7 Å². The van der Waals surface area contributed by atoms with Crippen molar-refractivity contribution in [2.75, 3.05) is 39.5 Å². The van der Waals surface area contributed by atoms with Crippen LogP contribution in [0.15, 0.2) is 0 Å². The van der Waals surface area contributed by atoms with Crippen LogP contribution in [-0.4, -0.2) is 55.7 Å². The number of morpholine rings is 1. The number of carbonyl (C=O) groups is 1. The summed E-state index contributed by atoms with van der Waals surface area (Å²) in [6.07, 6.45) is 5.30. The second-order valence-electron chi connectivity index (χ2n) is 5.31. The van der Waals surface area contributed by atoms with E-state index in [4.69, 9.17) is 9.47 Å². The van der Waals surface area contributed by atoms with Crippen molar-refractivity contribution >= 4 is 5.78 Å². The summed E-state index contributed by atoms with van der Waals surface area (Å²) in [6, 6.07) is 0. The lowest BCUT2D eigenvalue weighted by molar-refractivity contribution is -0.139. The Morgan fingerprint density at radius 2 is 1.94 bits per heavy atom. The van der Waals surface area contributed by atoms with Crippen LogP contribution in [0, 0.1) is 0 Å². The van der Waals surface area contributed by atoms with E-state index in [1.807, 2.05) is 0 Å². The maximum Gasteiger partial charge on any atom is 0.178 e. The molecule has 0 aromatic heterocycles. The predicted molar refractivity (Wildman–Crippen MR) is 69.7 cm³/mol. The van der Waals surface area contributed by atoms with Gasteiger partial charge in [-0.25, -0.2) is 0 Å². The summed E-state index contributed by atoms with van der Waals surface area (Å²) in [5.41, 5.74) is -0.239. The fourth-order valence-electron chi connectivity index (χ4n) is 3.17. The second-order valence-corrected chi connectivity index (χ2v) is 5.31. The number of hydrogen-bond donors (Lipinski definition) is 0. The summed E-state index contributed by atoms with van der Waals surface area (Å²) in [5, 5.41) is 0. The van der Waals surface area contributed by atoms with E-state index in [1.54, 1.807) is 0 Å². The molecule has 0 aromatic rings. The minimum Gasteiger partial charge on any atom is -0.379 e. The monoisotopic (exact) mass is 255 g/mol. The van der Waals surface area contributed by atoms with Crippen LogP contribution in [0.25, 0.3) is 0 Å². The van der Waals surface area contributed by atoms with E-state index in [-0.39, 0.29) is 17.9 Å². The molecule has 18 heavy (non-hydrogen) atoms. The van der Waals surface area contributed by atoms with E-state index >= 15 is 0 Å². The van der Waals surface area contributed by atoms with E-state index in [2.05, 4.69) is 11.8 Å². The first kappa shape index (κ1) is 14.0. The molecule has 0 amide bonds. The zero-order valence-corrected chi connectivity index (χ0v) is 11.5. The third kappa shape index (κ3) is 2.92. The van der Waals surface area contributed by atoms with Crippen LogP contribution >= 0.6 is 0 Å². The first-order valence-electron chi connectivity index (χ1n) is 7.23. The van der Waals surface area contributed by atoms with Crippen molar-refractivity contribution in [1.29, 1.82) is 0 Å². The average molecular weight is 255 g/mol. The number of hydrogen-bond acceptors (Lipinski definition) is 4. The molecular formula is C14H25NO3. The number of nitrogens with zero attached hydrogens (tertiary/aromatic N) is 1. The molecule has 1 saturated carbocycles. The molecule has 2 rings (SSSR count). The first-order chi connectivity index (χ1) is 8.79. The molecule has 2 aliphatic rings. The Hall–Kier alpha value is -0.450. The minimum absolute atomic E-state index is 0.239. The second kappa shape index (κ2) is 6.64. The number of ketones is 1. The maximum absolute atomic E-state index is 12.5. The Morgan fingerprint density at radius 3 is 2.56 bits per heavy atom. The largest absolute Gasteiger partial charge is 0.379 e. The molecular weight excluding hydrogens is 230 g/mol. The van der Waals surface area contributed by atoms with Crippen molar-refractivity contribution in [2.45, 2.75) is 44.6 Å². The number of ether oxygens (including phenoxy) is 2. The molecule has 0 bridgehead atoms. The van der Waals surface area contributed by atoms with Crippen molar-refractivity contribution in [3.05, 3.63) is 0 Å². The maximum atomic E-state index is 12.5. The SMILES string of the molecule is CCCOCC(=O)C1(N2CCOCC2)CCCC1. The van der Waals surface area contributed by atoms with Crippen LogP contribution in [0.5, 0.6) is 0 Å². The van der Waals surface area contributed by atoms with Crippen LogP contribution in [0.4, 0.5) is 0 Å². The number of Topliss-reactive ketones (excluding diaryl/α,β-unsaturated/α-hetero) is 1. The molecule has 0 spiro atoms.